The van der Waals surface area contributed by atoms with Gasteiger partial charge in [-0.05, 0) is 35.9 Å². The molecule has 9 nitrogen and oxygen atoms in total. The van der Waals surface area contributed by atoms with Gasteiger partial charge in [-0.25, -0.2) is 4.79 Å². The number of benzene rings is 2. The third-order valence-electron chi connectivity index (χ3n) is 4.13. The normalized spacial score (nSPS) is 10.4. The Morgan fingerprint density at radius 1 is 0.839 bits per heavy atom. The minimum atomic E-state index is -0.693. The summed E-state index contributed by atoms with van der Waals surface area (Å²) in [6.45, 7) is -0.473. The maximum atomic E-state index is 12.1. The molecule has 0 radical (unpaired) electrons. The quantitative estimate of drug-likeness (QED) is 0.453. The third kappa shape index (κ3) is 6.30. The summed E-state index contributed by atoms with van der Waals surface area (Å²) in [5, 5.41) is 2.62. The van der Waals surface area contributed by atoms with Gasteiger partial charge >= 0.3 is 5.97 Å². The number of ether oxygens (including phenoxy) is 6. The van der Waals surface area contributed by atoms with E-state index in [1.807, 2.05) is 0 Å². The molecule has 0 fully saturated rings. The highest BCUT2D eigenvalue weighted by Gasteiger charge is 2.13. The van der Waals surface area contributed by atoms with E-state index >= 15 is 0 Å². The molecule has 0 saturated carbocycles. The molecule has 9 heteroatoms. The maximum absolute atomic E-state index is 12.1. The summed E-state index contributed by atoms with van der Waals surface area (Å²) in [4.78, 5) is 24.1. The van der Waals surface area contributed by atoms with E-state index in [1.165, 1.54) is 47.7 Å². The molecule has 1 N–H and O–H groups in total. The Bertz CT molecular complexity index is 930. The number of rotatable bonds is 10. The minimum Gasteiger partial charge on any atom is -0.497 e. The summed E-state index contributed by atoms with van der Waals surface area (Å²) in [7, 11) is 7.48. The zero-order valence-electron chi connectivity index (χ0n) is 18.0. The summed E-state index contributed by atoms with van der Waals surface area (Å²) in [5.41, 5.74) is 1.02. The van der Waals surface area contributed by atoms with Crippen molar-refractivity contribution in [2.24, 2.45) is 0 Å². The third-order valence-corrected chi connectivity index (χ3v) is 4.13. The largest absolute Gasteiger partial charge is 0.497 e. The summed E-state index contributed by atoms with van der Waals surface area (Å²) in [6.07, 6.45) is 2.70. The number of amides is 1. The number of hydrogen-bond acceptors (Lipinski definition) is 8. The van der Waals surface area contributed by atoms with E-state index in [2.05, 4.69) is 5.32 Å². The molecule has 2 aromatic carbocycles. The smallest absolute Gasteiger partial charge is 0.331 e. The van der Waals surface area contributed by atoms with Crippen LogP contribution in [0, 0.1) is 0 Å². The fraction of sp³-hybridized carbons (Fsp3) is 0.273. The van der Waals surface area contributed by atoms with Crippen LogP contribution in [0.4, 0.5) is 5.69 Å². The number of carbonyl (C=O) groups is 2. The lowest BCUT2D eigenvalue weighted by Gasteiger charge is -2.12. The second kappa shape index (κ2) is 11.3. The Kier molecular flexibility index (Phi) is 8.56. The fourth-order valence-corrected chi connectivity index (χ4v) is 2.64. The molecule has 31 heavy (non-hydrogen) atoms. The molecule has 0 saturated heterocycles. The Hall–Kier alpha value is -3.88. The highest BCUT2D eigenvalue weighted by molar-refractivity contribution is 5.95. The molecule has 0 bridgehead atoms. The molecular weight excluding hydrogens is 406 g/mol. The number of esters is 1. The summed E-state index contributed by atoms with van der Waals surface area (Å²) in [5.74, 6) is 1.10. The molecular formula is C22H25NO8. The molecule has 0 aliphatic rings. The van der Waals surface area contributed by atoms with Crippen LogP contribution in [0.5, 0.6) is 28.7 Å². The molecule has 0 unspecified atom stereocenters. The lowest BCUT2D eigenvalue weighted by atomic mass is 10.1. The zero-order chi connectivity index (χ0) is 22.8. The summed E-state index contributed by atoms with van der Waals surface area (Å²) >= 11 is 0. The van der Waals surface area contributed by atoms with Crippen LogP contribution in [0.15, 0.2) is 36.4 Å². The van der Waals surface area contributed by atoms with Gasteiger partial charge in [0.15, 0.2) is 18.1 Å². The van der Waals surface area contributed by atoms with Crippen molar-refractivity contribution in [1.82, 2.24) is 0 Å². The standard InChI is InChI=1S/C22H25NO8/c1-26-15-7-8-17(27-2)16(12-15)23-20(24)13-31-21(25)9-6-14-10-18(28-3)22(30-5)19(11-14)29-4/h6-12H,13H2,1-5H3,(H,23,24). The van der Waals surface area contributed by atoms with Crippen molar-refractivity contribution in [2.45, 2.75) is 0 Å². The van der Waals surface area contributed by atoms with Crippen molar-refractivity contribution in [3.05, 3.63) is 42.0 Å². The van der Waals surface area contributed by atoms with Gasteiger partial charge in [-0.1, -0.05) is 0 Å². The first-order valence-electron chi connectivity index (χ1n) is 9.12. The lowest BCUT2D eigenvalue weighted by Crippen LogP contribution is -2.20. The van der Waals surface area contributed by atoms with Crippen LogP contribution in [-0.4, -0.2) is 54.0 Å². The number of hydrogen-bond donors (Lipinski definition) is 1. The van der Waals surface area contributed by atoms with Crippen LogP contribution in [-0.2, 0) is 14.3 Å². The van der Waals surface area contributed by atoms with Crippen LogP contribution in [0.3, 0.4) is 0 Å². The van der Waals surface area contributed by atoms with Gasteiger partial charge in [0, 0.05) is 12.1 Å². The van der Waals surface area contributed by atoms with Crippen LogP contribution >= 0.6 is 0 Å². The van der Waals surface area contributed by atoms with Gasteiger partial charge in [0.05, 0.1) is 41.2 Å². The van der Waals surface area contributed by atoms with E-state index in [1.54, 1.807) is 30.3 Å². The average Bonchev–Trinajstić information content (AvgIpc) is 2.80. The van der Waals surface area contributed by atoms with Crippen LogP contribution in [0.25, 0.3) is 6.08 Å². The summed E-state index contributed by atoms with van der Waals surface area (Å²) < 4.78 is 31.1. The average molecular weight is 431 g/mol. The molecule has 2 rings (SSSR count). The van der Waals surface area contributed by atoms with Gasteiger partial charge in [0.2, 0.25) is 5.75 Å². The zero-order valence-corrected chi connectivity index (χ0v) is 18.0. The van der Waals surface area contributed by atoms with E-state index in [0.29, 0.717) is 40.0 Å². The number of methoxy groups -OCH3 is 5. The molecule has 0 atom stereocenters. The Morgan fingerprint density at radius 3 is 2.03 bits per heavy atom. The molecule has 0 heterocycles. The molecule has 166 valence electrons. The second-order valence-corrected chi connectivity index (χ2v) is 6.01. The van der Waals surface area contributed by atoms with Crippen LogP contribution in [0.2, 0.25) is 0 Å². The van der Waals surface area contributed by atoms with Crippen molar-refractivity contribution in [3.8, 4) is 28.7 Å². The van der Waals surface area contributed by atoms with E-state index in [0.717, 1.165) is 0 Å². The first-order chi connectivity index (χ1) is 14.9. The molecule has 0 spiro atoms. The van der Waals surface area contributed by atoms with Crippen molar-refractivity contribution in [3.63, 3.8) is 0 Å². The first-order valence-corrected chi connectivity index (χ1v) is 9.12. The molecule has 0 aliphatic carbocycles. The van der Waals surface area contributed by atoms with Gasteiger partial charge in [0.1, 0.15) is 11.5 Å². The second-order valence-electron chi connectivity index (χ2n) is 6.01. The summed E-state index contributed by atoms with van der Waals surface area (Å²) in [6, 6.07) is 8.30. The van der Waals surface area contributed by atoms with E-state index < -0.39 is 18.5 Å². The van der Waals surface area contributed by atoms with Crippen molar-refractivity contribution in [1.29, 1.82) is 0 Å². The van der Waals surface area contributed by atoms with Crippen molar-refractivity contribution >= 4 is 23.6 Å². The number of carbonyl (C=O) groups excluding carboxylic acids is 2. The topological polar surface area (TPSA) is 102 Å². The molecule has 0 aromatic heterocycles. The van der Waals surface area contributed by atoms with Crippen LogP contribution < -0.4 is 29.0 Å². The minimum absolute atomic E-state index is 0.399. The number of nitrogens with one attached hydrogen (secondary N) is 1. The predicted molar refractivity (Wildman–Crippen MR) is 114 cm³/mol. The van der Waals surface area contributed by atoms with E-state index in [9.17, 15) is 9.59 Å². The highest BCUT2D eigenvalue weighted by atomic mass is 16.5. The van der Waals surface area contributed by atoms with Gasteiger partial charge < -0.3 is 33.7 Å². The van der Waals surface area contributed by atoms with Gasteiger partial charge in [-0.3, -0.25) is 4.79 Å². The van der Waals surface area contributed by atoms with Crippen LogP contribution in [0.1, 0.15) is 5.56 Å². The Balaban J connectivity index is 1.99. The van der Waals surface area contributed by atoms with Crippen molar-refractivity contribution in [2.75, 3.05) is 47.5 Å². The lowest BCUT2D eigenvalue weighted by molar-refractivity contribution is -0.142. The Labute approximate surface area is 180 Å². The molecule has 1 amide bonds. The van der Waals surface area contributed by atoms with Crippen molar-refractivity contribution < 1.29 is 38.0 Å². The number of anilines is 1. The monoisotopic (exact) mass is 431 g/mol. The fourth-order valence-electron chi connectivity index (χ4n) is 2.64. The SMILES string of the molecule is COc1ccc(OC)c(NC(=O)COC(=O)C=Cc2cc(OC)c(OC)c(OC)c2)c1. The van der Waals surface area contributed by atoms with Gasteiger partial charge in [-0.2, -0.15) is 0 Å². The molecule has 0 aliphatic heterocycles. The van der Waals surface area contributed by atoms with Gasteiger partial charge in [0.25, 0.3) is 5.91 Å². The Morgan fingerprint density at radius 2 is 1.48 bits per heavy atom. The molecule has 2 aromatic rings. The van der Waals surface area contributed by atoms with E-state index in [-0.39, 0.29) is 0 Å². The first kappa shape index (κ1) is 23.4. The maximum Gasteiger partial charge on any atom is 0.331 e. The van der Waals surface area contributed by atoms with E-state index in [4.69, 9.17) is 28.4 Å². The highest BCUT2D eigenvalue weighted by Crippen LogP contribution is 2.38. The van der Waals surface area contributed by atoms with Gasteiger partial charge in [-0.15, -0.1) is 0 Å². The predicted octanol–water partition coefficient (Wildman–Crippen LogP) is 2.92.